The van der Waals surface area contributed by atoms with E-state index in [9.17, 15) is 20.0 Å². The van der Waals surface area contributed by atoms with E-state index in [1.54, 1.807) is 0 Å². The molecule has 0 radical (unpaired) electrons. The van der Waals surface area contributed by atoms with Gasteiger partial charge in [0.1, 0.15) is 0 Å². The van der Waals surface area contributed by atoms with Crippen LogP contribution in [0.4, 0.5) is 5.69 Å². The van der Waals surface area contributed by atoms with Crippen molar-refractivity contribution in [1.82, 2.24) is 0 Å². The van der Waals surface area contributed by atoms with E-state index in [1.165, 1.54) is 24.3 Å². The maximum absolute atomic E-state index is 12.2. The van der Waals surface area contributed by atoms with E-state index in [0.717, 1.165) is 0 Å². The van der Waals surface area contributed by atoms with E-state index in [0.29, 0.717) is 5.56 Å². The lowest BCUT2D eigenvalue weighted by Gasteiger charge is -2.27. The van der Waals surface area contributed by atoms with Gasteiger partial charge in [-0.3, -0.25) is 14.9 Å². The van der Waals surface area contributed by atoms with Crippen molar-refractivity contribution in [2.75, 3.05) is 6.61 Å². The van der Waals surface area contributed by atoms with Gasteiger partial charge in [0.25, 0.3) is 5.69 Å². The van der Waals surface area contributed by atoms with Crippen molar-refractivity contribution < 1.29 is 14.8 Å². The number of aliphatic hydroxyl groups excluding tert-OH is 1. The van der Waals surface area contributed by atoms with Gasteiger partial charge in [0, 0.05) is 17.7 Å². The number of non-ortho nitro benzene ring substituents is 1. The Hall–Kier alpha value is -1.75. The number of rotatable bonds is 4. The summed E-state index contributed by atoms with van der Waals surface area (Å²) in [5, 5.41) is 19.8. The Morgan fingerprint density at radius 3 is 2.17 bits per heavy atom. The number of nitrogens with zero attached hydrogens (tertiary/aromatic N) is 1. The Kier molecular flexibility index (Phi) is 4.19. The first-order chi connectivity index (χ1) is 8.27. The molecule has 0 amide bonds. The SMILES string of the molecule is CC(C)(C)[C@H](CO)C(=O)c1ccc([N+](=O)[O-])cc1. The molecule has 1 N–H and O–H groups in total. The van der Waals surface area contributed by atoms with Gasteiger partial charge in [-0.2, -0.15) is 0 Å². The van der Waals surface area contributed by atoms with Crippen LogP contribution in [-0.2, 0) is 0 Å². The summed E-state index contributed by atoms with van der Waals surface area (Å²) in [5.41, 5.74) is -0.0226. The summed E-state index contributed by atoms with van der Waals surface area (Å²) in [7, 11) is 0. The molecule has 1 atom stereocenters. The molecule has 5 heteroatoms. The molecule has 0 bridgehead atoms. The second kappa shape index (κ2) is 5.27. The quantitative estimate of drug-likeness (QED) is 0.506. The monoisotopic (exact) mass is 251 g/mol. The molecule has 0 saturated heterocycles. The van der Waals surface area contributed by atoms with Gasteiger partial charge in [0.05, 0.1) is 17.4 Å². The number of aliphatic hydroxyl groups is 1. The van der Waals surface area contributed by atoms with Crippen LogP contribution >= 0.6 is 0 Å². The van der Waals surface area contributed by atoms with Gasteiger partial charge in [-0.15, -0.1) is 0 Å². The lowest BCUT2D eigenvalue weighted by Crippen LogP contribution is -2.31. The smallest absolute Gasteiger partial charge is 0.269 e. The Morgan fingerprint density at radius 2 is 1.83 bits per heavy atom. The minimum absolute atomic E-state index is 0.0529. The molecule has 0 aliphatic carbocycles. The summed E-state index contributed by atoms with van der Waals surface area (Å²) in [5.74, 6) is -0.709. The molecule has 0 aliphatic rings. The van der Waals surface area contributed by atoms with Gasteiger partial charge in [0.15, 0.2) is 5.78 Å². The van der Waals surface area contributed by atoms with Crippen LogP contribution in [-0.4, -0.2) is 22.4 Å². The van der Waals surface area contributed by atoms with Crippen LogP contribution in [0.25, 0.3) is 0 Å². The topological polar surface area (TPSA) is 80.4 Å². The van der Waals surface area contributed by atoms with Crippen LogP contribution in [0.15, 0.2) is 24.3 Å². The van der Waals surface area contributed by atoms with Crippen LogP contribution in [0.5, 0.6) is 0 Å². The van der Waals surface area contributed by atoms with Crippen molar-refractivity contribution in [3.8, 4) is 0 Å². The number of Topliss-reactive ketones (excluding diaryl/α,β-unsaturated/α-hetero) is 1. The lowest BCUT2D eigenvalue weighted by atomic mass is 9.77. The third-order valence-corrected chi connectivity index (χ3v) is 2.91. The average molecular weight is 251 g/mol. The van der Waals surface area contributed by atoms with Crippen molar-refractivity contribution in [3.63, 3.8) is 0 Å². The van der Waals surface area contributed by atoms with Gasteiger partial charge >= 0.3 is 0 Å². The minimum Gasteiger partial charge on any atom is -0.396 e. The predicted molar refractivity (Wildman–Crippen MR) is 67.5 cm³/mol. The maximum Gasteiger partial charge on any atom is 0.269 e. The fourth-order valence-corrected chi connectivity index (χ4v) is 1.70. The van der Waals surface area contributed by atoms with Crippen molar-refractivity contribution in [2.24, 2.45) is 11.3 Å². The second-order valence-electron chi connectivity index (χ2n) is 5.27. The maximum atomic E-state index is 12.2. The van der Waals surface area contributed by atoms with Gasteiger partial charge in [-0.1, -0.05) is 20.8 Å². The minimum atomic E-state index is -0.515. The van der Waals surface area contributed by atoms with E-state index >= 15 is 0 Å². The van der Waals surface area contributed by atoms with Crippen molar-refractivity contribution >= 4 is 11.5 Å². The Balaban J connectivity index is 3.00. The highest BCUT2D eigenvalue weighted by Gasteiger charge is 2.31. The Morgan fingerprint density at radius 1 is 1.33 bits per heavy atom. The molecule has 1 rings (SSSR count). The fourth-order valence-electron chi connectivity index (χ4n) is 1.70. The molecule has 5 nitrogen and oxygen atoms in total. The van der Waals surface area contributed by atoms with E-state index in [4.69, 9.17) is 0 Å². The highest BCUT2D eigenvalue weighted by molar-refractivity contribution is 5.98. The first-order valence-electron chi connectivity index (χ1n) is 5.67. The number of carbonyl (C=O) groups excluding carboxylic acids is 1. The van der Waals surface area contributed by atoms with Crippen molar-refractivity contribution in [2.45, 2.75) is 20.8 Å². The zero-order valence-corrected chi connectivity index (χ0v) is 10.7. The molecule has 0 fully saturated rings. The molecule has 1 aromatic carbocycles. The lowest BCUT2D eigenvalue weighted by molar-refractivity contribution is -0.384. The third-order valence-electron chi connectivity index (χ3n) is 2.91. The summed E-state index contributed by atoms with van der Waals surface area (Å²) < 4.78 is 0. The molecule has 98 valence electrons. The molecule has 0 aliphatic heterocycles. The number of nitro groups is 1. The summed E-state index contributed by atoms with van der Waals surface area (Å²) in [6.45, 7) is 5.38. The molecule has 0 heterocycles. The molecule has 18 heavy (non-hydrogen) atoms. The number of ketones is 1. The Labute approximate surface area is 106 Å². The number of hydrogen-bond donors (Lipinski definition) is 1. The Bertz CT molecular complexity index is 445. The van der Waals surface area contributed by atoms with E-state index in [-0.39, 0.29) is 23.5 Å². The molecule has 0 saturated carbocycles. The van der Waals surface area contributed by atoms with Gasteiger partial charge in [-0.25, -0.2) is 0 Å². The molecule has 0 spiro atoms. The molecule has 1 aromatic rings. The molecule has 0 unspecified atom stereocenters. The van der Waals surface area contributed by atoms with Crippen LogP contribution in [0.2, 0.25) is 0 Å². The van der Waals surface area contributed by atoms with Gasteiger partial charge in [0.2, 0.25) is 0 Å². The fraction of sp³-hybridized carbons (Fsp3) is 0.462. The van der Waals surface area contributed by atoms with Gasteiger partial charge < -0.3 is 5.11 Å². The predicted octanol–water partition coefficient (Wildman–Crippen LogP) is 2.43. The zero-order valence-electron chi connectivity index (χ0n) is 10.7. The zero-order chi connectivity index (χ0) is 13.9. The van der Waals surface area contributed by atoms with Crippen LogP contribution in [0, 0.1) is 21.4 Å². The summed E-state index contributed by atoms with van der Waals surface area (Å²) >= 11 is 0. The first kappa shape index (κ1) is 14.3. The van der Waals surface area contributed by atoms with Crippen LogP contribution < -0.4 is 0 Å². The number of nitro benzene ring substituents is 1. The average Bonchev–Trinajstić information content (AvgIpc) is 2.28. The van der Waals surface area contributed by atoms with Crippen LogP contribution in [0.3, 0.4) is 0 Å². The highest BCUT2D eigenvalue weighted by Crippen LogP contribution is 2.29. The van der Waals surface area contributed by atoms with Crippen molar-refractivity contribution in [3.05, 3.63) is 39.9 Å². The van der Waals surface area contributed by atoms with Crippen molar-refractivity contribution in [1.29, 1.82) is 0 Å². The van der Waals surface area contributed by atoms with E-state index in [1.807, 2.05) is 20.8 Å². The van der Waals surface area contributed by atoms with E-state index < -0.39 is 10.8 Å². The highest BCUT2D eigenvalue weighted by atomic mass is 16.6. The summed E-state index contributed by atoms with van der Waals surface area (Å²) in [4.78, 5) is 22.2. The number of hydrogen-bond acceptors (Lipinski definition) is 4. The standard InChI is InChI=1S/C13H17NO4/c1-13(2,3)11(8-15)12(16)9-4-6-10(7-5-9)14(17)18/h4-7,11,15H,8H2,1-3H3/t11-/m1/s1. The number of benzene rings is 1. The summed E-state index contributed by atoms with van der Waals surface area (Å²) in [6.07, 6.45) is 0. The second-order valence-corrected chi connectivity index (χ2v) is 5.27. The van der Waals surface area contributed by atoms with Gasteiger partial charge in [-0.05, 0) is 17.5 Å². The first-order valence-corrected chi connectivity index (χ1v) is 5.67. The normalized spacial score (nSPS) is 13.1. The third kappa shape index (κ3) is 3.13. The molecule has 0 aromatic heterocycles. The van der Waals surface area contributed by atoms with E-state index in [2.05, 4.69) is 0 Å². The number of carbonyl (C=O) groups is 1. The molecular weight excluding hydrogens is 234 g/mol. The molecular formula is C13H17NO4. The largest absolute Gasteiger partial charge is 0.396 e. The summed E-state index contributed by atoms with van der Waals surface area (Å²) in [6, 6.07) is 5.44. The van der Waals surface area contributed by atoms with Crippen LogP contribution in [0.1, 0.15) is 31.1 Å².